The molecule has 41 heavy (non-hydrogen) atoms. The summed E-state index contributed by atoms with van der Waals surface area (Å²) in [7, 11) is -8.68. The highest BCUT2D eigenvalue weighted by Gasteiger charge is 2.60. The van der Waals surface area contributed by atoms with Crippen LogP contribution >= 0.6 is 0 Å². The van der Waals surface area contributed by atoms with E-state index in [1.807, 2.05) is 0 Å². The maximum absolute atomic E-state index is 7.88. The molecule has 0 aliphatic heterocycles. The number of hydrogen-bond donors (Lipinski definition) is 0. The fraction of sp³-hybridized carbons (Fsp3) is 0.647. The second-order valence-corrected chi connectivity index (χ2v) is 32.5. The van der Waals surface area contributed by atoms with Crippen LogP contribution in [0.25, 0.3) is 0 Å². The van der Waals surface area contributed by atoms with E-state index in [2.05, 4.69) is 155 Å². The molecule has 0 aromatic heterocycles. The van der Waals surface area contributed by atoms with Crippen LogP contribution in [0.3, 0.4) is 0 Å². The van der Waals surface area contributed by atoms with Gasteiger partial charge in [-0.25, -0.2) is 0 Å². The molecular formula is C34H62O3Si4. The average Bonchev–Trinajstić information content (AvgIpc) is 2.90. The highest BCUT2D eigenvalue weighted by atomic mass is 28.4. The summed E-state index contributed by atoms with van der Waals surface area (Å²) in [5.41, 5.74) is 0.349. The van der Waals surface area contributed by atoms with E-state index in [-0.39, 0.29) is 11.3 Å². The van der Waals surface area contributed by atoms with Gasteiger partial charge in [0.15, 0.2) is 16.6 Å². The molecule has 0 spiro atoms. The molecule has 3 atom stereocenters. The van der Waals surface area contributed by atoms with Crippen molar-refractivity contribution in [2.24, 2.45) is 0 Å². The Morgan fingerprint density at radius 2 is 1.10 bits per heavy atom. The van der Waals surface area contributed by atoms with Gasteiger partial charge in [0.05, 0.1) is 13.3 Å². The van der Waals surface area contributed by atoms with Crippen LogP contribution in [0, 0.1) is 0 Å². The summed E-state index contributed by atoms with van der Waals surface area (Å²) in [4.78, 5) is 0. The third-order valence-corrected chi connectivity index (χ3v) is 23.4. The summed E-state index contributed by atoms with van der Waals surface area (Å²) >= 11 is 0. The van der Waals surface area contributed by atoms with Crippen LogP contribution in [0.4, 0.5) is 0 Å². The van der Waals surface area contributed by atoms with Gasteiger partial charge in [0.2, 0.25) is 0 Å². The normalized spacial score (nSPS) is 16.7. The predicted molar refractivity (Wildman–Crippen MR) is 191 cm³/mol. The number of rotatable bonds is 16. The smallest absolute Gasteiger partial charge is 0.286 e. The van der Waals surface area contributed by atoms with Crippen molar-refractivity contribution >= 4 is 43.4 Å². The SMILES string of the molecule is CCC(C(C)O[Si](c1ccccc1)(c1ccccc1)C(CC)(CC)O[Si](C)(C)C)[Si](C)(C)OC(C)(CC)[Si](C)(C)C. The highest BCUT2D eigenvalue weighted by Crippen LogP contribution is 2.42. The van der Waals surface area contributed by atoms with Crippen molar-refractivity contribution in [1.29, 1.82) is 0 Å². The summed E-state index contributed by atoms with van der Waals surface area (Å²) in [5, 5.41) is 2.16. The van der Waals surface area contributed by atoms with Crippen LogP contribution in [0.5, 0.6) is 0 Å². The third-order valence-electron chi connectivity index (χ3n) is 9.66. The Hall–Kier alpha value is -0.812. The summed E-state index contributed by atoms with van der Waals surface area (Å²) in [6.07, 6.45) is 3.94. The first-order valence-electron chi connectivity index (χ1n) is 16.1. The Morgan fingerprint density at radius 3 is 1.41 bits per heavy atom. The Bertz CT molecular complexity index is 1020. The summed E-state index contributed by atoms with van der Waals surface area (Å²) in [5.74, 6) is 0. The Kier molecular flexibility index (Phi) is 12.3. The summed E-state index contributed by atoms with van der Waals surface area (Å²) in [6.45, 7) is 33.2. The molecule has 0 bridgehead atoms. The summed E-state index contributed by atoms with van der Waals surface area (Å²) in [6, 6.07) is 22.2. The van der Waals surface area contributed by atoms with Gasteiger partial charge in [0.1, 0.15) is 0 Å². The molecule has 0 saturated heterocycles. The molecule has 0 amide bonds. The second kappa shape index (κ2) is 13.9. The Labute approximate surface area is 258 Å². The van der Waals surface area contributed by atoms with E-state index in [1.165, 1.54) is 10.4 Å². The van der Waals surface area contributed by atoms with E-state index in [0.717, 1.165) is 25.7 Å². The molecule has 0 saturated carbocycles. The van der Waals surface area contributed by atoms with Gasteiger partial charge in [-0.15, -0.1) is 0 Å². The molecule has 2 aromatic rings. The van der Waals surface area contributed by atoms with Crippen molar-refractivity contribution in [3.8, 4) is 0 Å². The van der Waals surface area contributed by atoms with Crippen molar-refractivity contribution in [2.75, 3.05) is 0 Å². The molecule has 3 unspecified atom stereocenters. The molecule has 3 nitrogen and oxygen atoms in total. The van der Waals surface area contributed by atoms with Crippen molar-refractivity contribution < 1.29 is 13.3 Å². The molecule has 0 N–H and O–H groups in total. The molecule has 0 fully saturated rings. The van der Waals surface area contributed by atoms with Crippen LogP contribution < -0.4 is 10.4 Å². The first-order valence-corrected chi connectivity index (χ1v) is 27.9. The molecule has 0 aliphatic carbocycles. The standard InChI is InChI=1S/C34H62O3Si4/c1-15-32(40(13,14)36-33(6,16-2)38(7,8)9)29(5)35-41(30-25-21-19-22-26-30,31-27-23-20-24-28-31)34(17-3,18-4)37-39(10,11)12/h19-29,32H,15-18H2,1-14H3. The lowest BCUT2D eigenvalue weighted by molar-refractivity contribution is 0.0784. The molecule has 232 valence electrons. The molecule has 0 heterocycles. The maximum atomic E-state index is 7.88. The van der Waals surface area contributed by atoms with Gasteiger partial charge in [-0.3, -0.25) is 0 Å². The van der Waals surface area contributed by atoms with Crippen LogP contribution in [0.2, 0.25) is 57.9 Å². The first-order chi connectivity index (χ1) is 18.9. The lowest BCUT2D eigenvalue weighted by atomic mass is 10.2. The van der Waals surface area contributed by atoms with E-state index in [9.17, 15) is 0 Å². The molecule has 0 aliphatic rings. The zero-order chi connectivity index (χ0) is 31.3. The second-order valence-electron chi connectivity index (χ2n) is 14.7. The zero-order valence-electron chi connectivity index (χ0n) is 29.0. The van der Waals surface area contributed by atoms with Gasteiger partial charge < -0.3 is 13.3 Å². The largest absolute Gasteiger partial charge is 0.415 e. The minimum atomic E-state index is -2.97. The Morgan fingerprint density at radius 1 is 0.659 bits per heavy atom. The quantitative estimate of drug-likeness (QED) is 0.173. The maximum Gasteiger partial charge on any atom is 0.286 e. The first kappa shape index (κ1) is 36.4. The lowest BCUT2D eigenvalue weighted by Gasteiger charge is -2.53. The molecule has 2 aromatic carbocycles. The van der Waals surface area contributed by atoms with Crippen molar-refractivity contribution in [2.45, 2.75) is 142 Å². The van der Waals surface area contributed by atoms with Gasteiger partial charge in [0.25, 0.3) is 8.32 Å². The van der Waals surface area contributed by atoms with Gasteiger partial charge in [-0.05, 0) is 76.2 Å². The van der Waals surface area contributed by atoms with Gasteiger partial charge in [-0.1, -0.05) is 114 Å². The minimum Gasteiger partial charge on any atom is -0.415 e. The van der Waals surface area contributed by atoms with Gasteiger partial charge >= 0.3 is 0 Å². The molecule has 0 radical (unpaired) electrons. The minimum absolute atomic E-state index is 0.0270. The van der Waals surface area contributed by atoms with E-state index < -0.39 is 38.3 Å². The van der Waals surface area contributed by atoms with E-state index in [0.29, 0.717) is 5.54 Å². The van der Waals surface area contributed by atoms with Crippen molar-refractivity contribution in [1.82, 2.24) is 0 Å². The zero-order valence-corrected chi connectivity index (χ0v) is 33.0. The average molecular weight is 631 g/mol. The highest BCUT2D eigenvalue weighted by molar-refractivity contribution is 7.00. The van der Waals surface area contributed by atoms with E-state index in [4.69, 9.17) is 13.3 Å². The van der Waals surface area contributed by atoms with Crippen LogP contribution in [0.15, 0.2) is 60.7 Å². The Balaban J connectivity index is 2.83. The van der Waals surface area contributed by atoms with Crippen LogP contribution in [-0.2, 0) is 13.3 Å². The molecule has 7 heteroatoms. The number of hydrogen-bond acceptors (Lipinski definition) is 3. The fourth-order valence-corrected chi connectivity index (χ4v) is 21.7. The van der Waals surface area contributed by atoms with E-state index in [1.54, 1.807) is 0 Å². The van der Waals surface area contributed by atoms with Crippen LogP contribution in [-0.4, -0.2) is 49.6 Å². The monoisotopic (exact) mass is 630 g/mol. The predicted octanol–water partition coefficient (Wildman–Crippen LogP) is 9.15. The topological polar surface area (TPSA) is 27.7 Å². The van der Waals surface area contributed by atoms with Gasteiger partial charge in [-0.2, -0.15) is 0 Å². The summed E-state index contributed by atoms with van der Waals surface area (Å²) < 4.78 is 22.7. The molecule has 2 rings (SSSR count). The lowest BCUT2D eigenvalue weighted by Crippen LogP contribution is -2.78. The van der Waals surface area contributed by atoms with Crippen molar-refractivity contribution in [3.05, 3.63) is 60.7 Å². The third kappa shape index (κ3) is 7.83. The van der Waals surface area contributed by atoms with E-state index >= 15 is 0 Å². The van der Waals surface area contributed by atoms with Crippen LogP contribution in [0.1, 0.15) is 67.2 Å². The number of benzene rings is 2. The fourth-order valence-electron chi connectivity index (χ4n) is 6.99. The molecular weight excluding hydrogens is 569 g/mol. The van der Waals surface area contributed by atoms with Crippen molar-refractivity contribution in [3.63, 3.8) is 0 Å². The van der Waals surface area contributed by atoms with Gasteiger partial charge in [0, 0.05) is 16.9 Å².